The maximum Gasteiger partial charge on any atom is 0.251 e. The normalized spacial score (nSPS) is 10.3. The van der Waals surface area contributed by atoms with E-state index in [4.69, 9.17) is 9.47 Å². The number of hydrogen-bond donors (Lipinski definition) is 1. The molecule has 0 aromatic heterocycles. The van der Waals surface area contributed by atoms with E-state index in [0.717, 1.165) is 5.56 Å². The van der Waals surface area contributed by atoms with E-state index in [1.165, 1.54) is 12.1 Å². The first kappa shape index (κ1) is 16.0. The monoisotopic (exact) mass is 303 g/mol. The molecule has 2 aromatic rings. The second-order valence-corrected chi connectivity index (χ2v) is 4.69. The van der Waals surface area contributed by atoms with Crippen LogP contribution < -0.4 is 10.1 Å². The summed E-state index contributed by atoms with van der Waals surface area (Å²) < 4.78 is 23.1. The third kappa shape index (κ3) is 4.86. The van der Waals surface area contributed by atoms with E-state index in [-0.39, 0.29) is 11.7 Å². The summed E-state index contributed by atoms with van der Waals surface area (Å²) in [7, 11) is 1.63. The van der Waals surface area contributed by atoms with Gasteiger partial charge in [-0.2, -0.15) is 0 Å². The molecule has 5 heteroatoms. The first-order valence-corrected chi connectivity index (χ1v) is 6.93. The third-order valence-electron chi connectivity index (χ3n) is 3.00. The number of amides is 1. The fraction of sp³-hybridized carbons (Fsp3) is 0.235. The van der Waals surface area contributed by atoms with Gasteiger partial charge in [0.25, 0.3) is 5.91 Å². The van der Waals surface area contributed by atoms with Gasteiger partial charge in [0, 0.05) is 12.7 Å². The molecule has 0 fully saturated rings. The number of ether oxygens (including phenoxy) is 2. The molecule has 4 nitrogen and oxygen atoms in total. The minimum absolute atomic E-state index is 0.160. The zero-order chi connectivity index (χ0) is 15.8. The summed E-state index contributed by atoms with van der Waals surface area (Å²) >= 11 is 0. The number of benzene rings is 2. The summed E-state index contributed by atoms with van der Waals surface area (Å²) in [6.07, 6.45) is 0. The van der Waals surface area contributed by atoms with Gasteiger partial charge in [0.2, 0.25) is 0 Å². The van der Waals surface area contributed by atoms with Crippen LogP contribution in [0.2, 0.25) is 0 Å². The van der Waals surface area contributed by atoms with Gasteiger partial charge in [0.15, 0.2) is 0 Å². The Morgan fingerprint density at radius 1 is 1.09 bits per heavy atom. The van der Waals surface area contributed by atoms with Gasteiger partial charge in [-0.1, -0.05) is 12.1 Å². The number of methoxy groups -OCH3 is 1. The largest absolute Gasteiger partial charge is 0.492 e. The first-order chi connectivity index (χ1) is 10.7. The molecular formula is C17H18FNO3. The lowest BCUT2D eigenvalue weighted by Crippen LogP contribution is -2.28. The highest BCUT2D eigenvalue weighted by Gasteiger charge is 2.04. The molecule has 116 valence electrons. The summed E-state index contributed by atoms with van der Waals surface area (Å²) in [6, 6.07) is 13.0. The van der Waals surface area contributed by atoms with Gasteiger partial charge >= 0.3 is 0 Å². The van der Waals surface area contributed by atoms with E-state index in [1.54, 1.807) is 31.4 Å². The summed E-state index contributed by atoms with van der Waals surface area (Å²) in [5.74, 6) is 0.101. The minimum atomic E-state index is -0.308. The van der Waals surface area contributed by atoms with Crippen LogP contribution >= 0.6 is 0 Å². The topological polar surface area (TPSA) is 47.6 Å². The summed E-state index contributed by atoms with van der Waals surface area (Å²) in [5.41, 5.74) is 1.60. The summed E-state index contributed by atoms with van der Waals surface area (Å²) in [6.45, 7) is 1.21. The van der Waals surface area contributed by atoms with Crippen molar-refractivity contribution in [3.8, 4) is 5.75 Å². The molecular weight excluding hydrogens is 285 g/mol. The summed E-state index contributed by atoms with van der Waals surface area (Å²) in [4.78, 5) is 11.9. The van der Waals surface area contributed by atoms with E-state index in [0.29, 0.717) is 31.1 Å². The lowest BCUT2D eigenvalue weighted by atomic mass is 10.1. The van der Waals surface area contributed by atoms with Gasteiger partial charge < -0.3 is 14.8 Å². The number of nitrogens with one attached hydrogen (secondary N) is 1. The fourth-order valence-corrected chi connectivity index (χ4v) is 1.89. The van der Waals surface area contributed by atoms with Gasteiger partial charge in [0.1, 0.15) is 18.2 Å². The number of rotatable bonds is 7. The van der Waals surface area contributed by atoms with E-state index < -0.39 is 0 Å². The van der Waals surface area contributed by atoms with Crippen molar-refractivity contribution in [2.75, 3.05) is 20.3 Å². The van der Waals surface area contributed by atoms with Crippen LogP contribution in [0.4, 0.5) is 4.39 Å². The van der Waals surface area contributed by atoms with Crippen LogP contribution in [0.5, 0.6) is 5.75 Å². The van der Waals surface area contributed by atoms with Crippen LogP contribution in [0.3, 0.4) is 0 Å². The SMILES string of the molecule is COCc1ccc(C(=O)NCCOc2ccc(F)cc2)cc1. The average molecular weight is 303 g/mol. The van der Waals surface area contributed by atoms with Crippen LogP contribution in [0, 0.1) is 5.82 Å². The first-order valence-electron chi connectivity index (χ1n) is 6.93. The standard InChI is InChI=1S/C17H18FNO3/c1-21-12-13-2-4-14(5-3-13)17(20)19-10-11-22-16-8-6-15(18)7-9-16/h2-9H,10-12H2,1H3,(H,19,20). The fourth-order valence-electron chi connectivity index (χ4n) is 1.89. The van der Waals surface area contributed by atoms with Gasteiger partial charge in [-0.15, -0.1) is 0 Å². The molecule has 2 rings (SSSR count). The molecule has 2 aromatic carbocycles. The summed E-state index contributed by atoms with van der Waals surface area (Å²) in [5, 5.41) is 2.76. The number of halogens is 1. The van der Waals surface area contributed by atoms with Crippen molar-refractivity contribution in [2.24, 2.45) is 0 Å². The molecule has 0 unspecified atom stereocenters. The zero-order valence-corrected chi connectivity index (χ0v) is 12.3. The van der Waals surface area contributed by atoms with Crippen molar-refractivity contribution < 1.29 is 18.7 Å². The average Bonchev–Trinajstić information content (AvgIpc) is 2.54. The lowest BCUT2D eigenvalue weighted by molar-refractivity contribution is 0.0947. The van der Waals surface area contributed by atoms with Crippen molar-refractivity contribution in [1.29, 1.82) is 0 Å². The highest BCUT2D eigenvalue weighted by molar-refractivity contribution is 5.94. The molecule has 0 spiro atoms. The smallest absolute Gasteiger partial charge is 0.251 e. The van der Waals surface area contributed by atoms with Crippen molar-refractivity contribution in [2.45, 2.75) is 6.61 Å². The van der Waals surface area contributed by atoms with Crippen LogP contribution in [0.15, 0.2) is 48.5 Å². The highest BCUT2D eigenvalue weighted by atomic mass is 19.1. The van der Waals surface area contributed by atoms with E-state index in [1.807, 2.05) is 12.1 Å². The maximum atomic E-state index is 12.7. The van der Waals surface area contributed by atoms with Gasteiger partial charge in [-0.3, -0.25) is 4.79 Å². The molecule has 0 heterocycles. The molecule has 0 aliphatic carbocycles. The quantitative estimate of drug-likeness (QED) is 0.800. The van der Waals surface area contributed by atoms with E-state index in [2.05, 4.69) is 5.32 Å². The Bertz CT molecular complexity index is 596. The molecule has 0 aliphatic heterocycles. The number of carbonyl (C=O) groups is 1. The predicted molar refractivity (Wildman–Crippen MR) is 81.4 cm³/mol. The second-order valence-electron chi connectivity index (χ2n) is 4.69. The molecule has 0 saturated heterocycles. The van der Waals surface area contributed by atoms with Crippen LogP contribution in [0.1, 0.15) is 15.9 Å². The molecule has 1 amide bonds. The van der Waals surface area contributed by atoms with Crippen molar-refractivity contribution in [3.63, 3.8) is 0 Å². The van der Waals surface area contributed by atoms with Gasteiger partial charge in [-0.05, 0) is 42.0 Å². The Morgan fingerprint density at radius 3 is 2.41 bits per heavy atom. The second kappa shape index (κ2) is 8.14. The van der Waals surface area contributed by atoms with E-state index in [9.17, 15) is 9.18 Å². The van der Waals surface area contributed by atoms with Crippen LogP contribution in [0.25, 0.3) is 0 Å². The van der Waals surface area contributed by atoms with E-state index >= 15 is 0 Å². The predicted octanol–water partition coefficient (Wildman–Crippen LogP) is 2.78. The zero-order valence-electron chi connectivity index (χ0n) is 12.3. The molecule has 0 bridgehead atoms. The molecule has 0 saturated carbocycles. The minimum Gasteiger partial charge on any atom is -0.492 e. The third-order valence-corrected chi connectivity index (χ3v) is 3.00. The van der Waals surface area contributed by atoms with Crippen LogP contribution in [-0.2, 0) is 11.3 Å². The molecule has 0 aliphatic rings. The molecule has 22 heavy (non-hydrogen) atoms. The Morgan fingerprint density at radius 2 is 1.77 bits per heavy atom. The molecule has 1 N–H and O–H groups in total. The Labute approximate surface area is 128 Å². The van der Waals surface area contributed by atoms with Crippen molar-refractivity contribution in [3.05, 3.63) is 65.5 Å². The number of hydrogen-bond acceptors (Lipinski definition) is 3. The van der Waals surface area contributed by atoms with Gasteiger partial charge in [0.05, 0.1) is 13.2 Å². The van der Waals surface area contributed by atoms with Crippen molar-refractivity contribution >= 4 is 5.91 Å². The van der Waals surface area contributed by atoms with Crippen LogP contribution in [-0.4, -0.2) is 26.2 Å². The Balaban J connectivity index is 1.74. The van der Waals surface area contributed by atoms with Crippen molar-refractivity contribution in [1.82, 2.24) is 5.32 Å². The molecule has 0 atom stereocenters. The Kier molecular flexibility index (Phi) is 5.91. The highest BCUT2D eigenvalue weighted by Crippen LogP contribution is 2.10. The Hall–Kier alpha value is -2.40. The van der Waals surface area contributed by atoms with Gasteiger partial charge in [-0.25, -0.2) is 4.39 Å². The number of carbonyl (C=O) groups excluding carboxylic acids is 1. The molecule has 0 radical (unpaired) electrons. The lowest BCUT2D eigenvalue weighted by Gasteiger charge is -2.08. The maximum absolute atomic E-state index is 12.7.